The Morgan fingerprint density at radius 1 is 1.08 bits per heavy atom. The first kappa shape index (κ1) is 18.3. The van der Waals surface area contributed by atoms with Crippen molar-refractivity contribution >= 4 is 11.3 Å². The number of benzene rings is 2. The molecule has 0 atom stereocenters. The number of phenolic OH excluding ortho intramolecular Hbond substituents is 1. The Bertz CT molecular complexity index is 899. The SMILES string of the molecule is CC1=CC(C)(C)Nc2ccc(-c3cc(C(F)(F)F)ccc3O)c(CO)c21. The van der Waals surface area contributed by atoms with Crippen LogP contribution in [-0.4, -0.2) is 15.8 Å². The fourth-order valence-electron chi connectivity index (χ4n) is 3.54. The summed E-state index contributed by atoms with van der Waals surface area (Å²) in [4.78, 5) is 0. The average molecular weight is 363 g/mol. The van der Waals surface area contributed by atoms with E-state index in [0.29, 0.717) is 11.1 Å². The molecule has 1 aliphatic rings. The minimum Gasteiger partial charge on any atom is -0.507 e. The van der Waals surface area contributed by atoms with E-state index in [1.807, 2.05) is 26.8 Å². The monoisotopic (exact) mass is 363 g/mol. The zero-order valence-electron chi connectivity index (χ0n) is 14.7. The molecule has 3 nitrogen and oxygen atoms in total. The number of rotatable bonds is 2. The smallest absolute Gasteiger partial charge is 0.416 e. The second-order valence-corrected chi connectivity index (χ2v) is 7.08. The molecule has 2 aromatic carbocycles. The van der Waals surface area contributed by atoms with Gasteiger partial charge in [0, 0.05) is 16.8 Å². The fraction of sp³-hybridized carbons (Fsp3) is 0.300. The summed E-state index contributed by atoms with van der Waals surface area (Å²) >= 11 is 0. The van der Waals surface area contributed by atoms with Gasteiger partial charge in [-0.2, -0.15) is 13.2 Å². The minimum absolute atomic E-state index is 0.0457. The van der Waals surface area contributed by atoms with Gasteiger partial charge in [0.2, 0.25) is 0 Å². The maximum atomic E-state index is 13.1. The number of aliphatic hydroxyl groups excluding tert-OH is 1. The van der Waals surface area contributed by atoms with Crippen LogP contribution in [0.25, 0.3) is 16.7 Å². The Labute approximate surface area is 149 Å². The van der Waals surface area contributed by atoms with Crippen LogP contribution in [0.4, 0.5) is 18.9 Å². The number of hydrogen-bond acceptors (Lipinski definition) is 3. The van der Waals surface area contributed by atoms with Gasteiger partial charge in [-0.15, -0.1) is 0 Å². The fourth-order valence-corrected chi connectivity index (χ4v) is 3.54. The number of allylic oxidation sites excluding steroid dienone is 1. The van der Waals surface area contributed by atoms with Gasteiger partial charge in [-0.25, -0.2) is 0 Å². The molecule has 138 valence electrons. The number of hydrogen-bond donors (Lipinski definition) is 3. The zero-order valence-corrected chi connectivity index (χ0v) is 14.7. The second kappa shape index (κ2) is 6.06. The highest BCUT2D eigenvalue weighted by Gasteiger charge is 2.32. The third kappa shape index (κ3) is 3.17. The van der Waals surface area contributed by atoms with E-state index in [2.05, 4.69) is 5.32 Å². The summed E-state index contributed by atoms with van der Waals surface area (Å²) in [5.41, 5.74) is 2.25. The highest BCUT2D eigenvalue weighted by molar-refractivity contribution is 5.88. The van der Waals surface area contributed by atoms with Gasteiger partial charge in [0.15, 0.2) is 0 Å². The topological polar surface area (TPSA) is 52.5 Å². The van der Waals surface area contributed by atoms with Gasteiger partial charge in [0.1, 0.15) is 5.75 Å². The summed E-state index contributed by atoms with van der Waals surface area (Å²) in [5, 5.41) is 23.4. The molecule has 1 aliphatic heterocycles. The zero-order chi connectivity index (χ0) is 19.3. The predicted octanol–water partition coefficient (Wildman–Crippen LogP) is 5.18. The van der Waals surface area contributed by atoms with Crippen LogP contribution in [0.5, 0.6) is 5.75 Å². The number of fused-ring (bicyclic) bond motifs is 1. The van der Waals surface area contributed by atoms with Crippen molar-refractivity contribution in [2.24, 2.45) is 0 Å². The van der Waals surface area contributed by atoms with E-state index in [1.54, 1.807) is 12.1 Å². The number of anilines is 1. The van der Waals surface area contributed by atoms with Gasteiger partial charge in [-0.05, 0) is 61.7 Å². The molecule has 3 N–H and O–H groups in total. The molecule has 0 bridgehead atoms. The van der Waals surface area contributed by atoms with Gasteiger partial charge in [-0.3, -0.25) is 0 Å². The van der Waals surface area contributed by atoms with Crippen LogP contribution < -0.4 is 5.32 Å². The van der Waals surface area contributed by atoms with E-state index in [1.165, 1.54) is 0 Å². The summed E-state index contributed by atoms with van der Waals surface area (Å²) < 4.78 is 39.2. The second-order valence-electron chi connectivity index (χ2n) is 7.08. The molecule has 0 amide bonds. The van der Waals surface area contributed by atoms with Crippen LogP contribution in [0.1, 0.15) is 37.5 Å². The lowest BCUT2D eigenvalue weighted by Crippen LogP contribution is -2.31. The van der Waals surface area contributed by atoms with Crippen molar-refractivity contribution < 1.29 is 23.4 Å². The van der Waals surface area contributed by atoms with Crippen LogP contribution in [0.2, 0.25) is 0 Å². The van der Waals surface area contributed by atoms with Crippen LogP contribution >= 0.6 is 0 Å². The highest BCUT2D eigenvalue weighted by atomic mass is 19.4. The van der Waals surface area contributed by atoms with Crippen LogP contribution in [0, 0.1) is 0 Å². The number of nitrogens with one attached hydrogen (secondary N) is 1. The van der Waals surface area contributed by atoms with Crippen molar-refractivity contribution in [2.45, 2.75) is 39.1 Å². The summed E-state index contributed by atoms with van der Waals surface area (Å²) in [5.74, 6) is -0.265. The van der Waals surface area contributed by atoms with Gasteiger partial charge < -0.3 is 15.5 Å². The maximum absolute atomic E-state index is 13.1. The highest BCUT2D eigenvalue weighted by Crippen LogP contribution is 2.43. The first-order valence-electron chi connectivity index (χ1n) is 8.19. The van der Waals surface area contributed by atoms with E-state index in [0.717, 1.165) is 35.0 Å². The van der Waals surface area contributed by atoms with Crippen LogP contribution in [0.15, 0.2) is 36.4 Å². The average Bonchev–Trinajstić information content (AvgIpc) is 2.52. The minimum atomic E-state index is -4.52. The van der Waals surface area contributed by atoms with Crippen LogP contribution in [0.3, 0.4) is 0 Å². The molecule has 0 unspecified atom stereocenters. The van der Waals surface area contributed by atoms with E-state index >= 15 is 0 Å². The molecule has 0 aromatic heterocycles. The lowest BCUT2D eigenvalue weighted by atomic mass is 9.85. The lowest BCUT2D eigenvalue weighted by molar-refractivity contribution is -0.137. The quantitative estimate of drug-likeness (QED) is 0.689. The first-order valence-corrected chi connectivity index (χ1v) is 8.19. The standard InChI is InChI=1S/C20H20F3NO2/c1-11-9-19(2,3)24-16-6-5-13(15(10-25)18(11)16)14-8-12(20(21,22)23)4-7-17(14)26/h4-9,24-26H,10H2,1-3H3. The van der Waals surface area contributed by atoms with Crippen molar-refractivity contribution in [1.29, 1.82) is 0 Å². The van der Waals surface area contributed by atoms with E-state index in [-0.39, 0.29) is 23.5 Å². The molecule has 26 heavy (non-hydrogen) atoms. The van der Waals surface area contributed by atoms with Crippen LogP contribution in [-0.2, 0) is 12.8 Å². The molecule has 0 saturated heterocycles. The molecule has 0 radical (unpaired) electrons. The molecule has 0 saturated carbocycles. The van der Waals surface area contributed by atoms with E-state index in [9.17, 15) is 23.4 Å². The number of alkyl halides is 3. The predicted molar refractivity (Wildman–Crippen MR) is 95.8 cm³/mol. The number of phenols is 1. The number of aromatic hydroxyl groups is 1. The van der Waals surface area contributed by atoms with Crippen molar-refractivity contribution in [3.8, 4) is 16.9 Å². The molecule has 0 spiro atoms. The molecular formula is C20H20F3NO2. The molecule has 3 rings (SSSR count). The first-order chi connectivity index (χ1) is 12.0. The van der Waals surface area contributed by atoms with Gasteiger partial charge in [0.25, 0.3) is 0 Å². The molecule has 1 heterocycles. The van der Waals surface area contributed by atoms with Gasteiger partial charge in [0.05, 0.1) is 17.7 Å². The van der Waals surface area contributed by atoms with Crippen molar-refractivity contribution in [2.75, 3.05) is 5.32 Å². The molecule has 0 fully saturated rings. The third-order valence-electron chi connectivity index (χ3n) is 4.51. The Kier molecular flexibility index (Phi) is 4.27. The molecule has 2 aromatic rings. The third-order valence-corrected chi connectivity index (χ3v) is 4.51. The summed E-state index contributed by atoms with van der Waals surface area (Å²) in [7, 11) is 0. The van der Waals surface area contributed by atoms with E-state index in [4.69, 9.17) is 0 Å². The normalized spacial score (nSPS) is 15.9. The van der Waals surface area contributed by atoms with Crippen molar-refractivity contribution in [1.82, 2.24) is 0 Å². The van der Waals surface area contributed by atoms with Gasteiger partial charge in [-0.1, -0.05) is 12.1 Å². The molecule has 6 heteroatoms. The Balaban J connectivity index is 2.25. The lowest BCUT2D eigenvalue weighted by Gasteiger charge is -2.33. The summed E-state index contributed by atoms with van der Waals surface area (Å²) in [6.07, 6.45) is -2.51. The largest absolute Gasteiger partial charge is 0.507 e. The Morgan fingerprint density at radius 3 is 2.38 bits per heavy atom. The number of halogens is 3. The molecule has 0 aliphatic carbocycles. The van der Waals surface area contributed by atoms with Crippen molar-refractivity contribution in [3.63, 3.8) is 0 Å². The Morgan fingerprint density at radius 2 is 1.77 bits per heavy atom. The Hall–Kier alpha value is -2.47. The number of aliphatic hydroxyl groups is 1. The molecular weight excluding hydrogens is 343 g/mol. The van der Waals surface area contributed by atoms with E-state index < -0.39 is 11.7 Å². The van der Waals surface area contributed by atoms with Gasteiger partial charge >= 0.3 is 6.18 Å². The summed E-state index contributed by atoms with van der Waals surface area (Å²) in [6.45, 7) is 5.55. The summed E-state index contributed by atoms with van der Waals surface area (Å²) in [6, 6.07) is 6.17. The van der Waals surface area contributed by atoms with Crippen molar-refractivity contribution in [3.05, 3.63) is 53.1 Å². The maximum Gasteiger partial charge on any atom is 0.416 e.